The zero-order valence-corrected chi connectivity index (χ0v) is 20.2. The van der Waals surface area contributed by atoms with Crippen LogP contribution in [-0.4, -0.2) is 33.4 Å². The van der Waals surface area contributed by atoms with Crippen LogP contribution < -0.4 is 22.5 Å². The van der Waals surface area contributed by atoms with Crippen molar-refractivity contribution in [3.05, 3.63) is 0 Å². The summed E-state index contributed by atoms with van der Waals surface area (Å²) in [4.78, 5) is 22.5. The number of carbonyl (C=O) groups is 2. The van der Waals surface area contributed by atoms with Crippen molar-refractivity contribution in [3.8, 4) is 0 Å². The van der Waals surface area contributed by atoms with Crippen LogP contribution in [0.4, 0.5) is 0 Å². The maximum atomic E-state index is 11.3. The Labute approximate surface area is 167 Å². The van der Waals surface area contributed by atoms with Crippen LogP contribution in [-0.2, 0) is 14.0 Å². The first-order chi connectivity index (χ1) is 12.4. The average Bonchev–Trinajstić information content (AvgIpc) is 2.61. The van der Waals surface area contributed by atoms with Gasteiger partial charge >= 0.3 is 0 Å². The molecule has 9 heteroatoms. The van der Waals surface area contributed by atoms with Crippen LogP contribution in [0.15, 0.2) is 0 Å². The standard InChI is InChI=1S/C18H42N4O3Si2/c1-7-18(2,26(3,4)14-10-8-12-16(23)21-19)25-27(5,6)15-11-9-13-17(24)22-20/h7-15,19-20H2,1-6H3,(H,21,23)(H,22,24). The van der Waals surface area contributed by atoms with Crippen LogP contribution in [0.3, 0.4) is 0 Å². The normalized spacial score (nSPS) is 14.5. The third kappa shape index (κ3) is 9.84. The van der Waals surface area contributed by atoms with Crippen molar-refractivity contribution < 1.29 is 14.0 Å². The number of amides is 2. The highest BCUT2D eigenvalue weighted by Crippen LogP contribution is 2.36. The topological polar surface area (TPSA) is 119 Å². The van der Waals surface area contributed by atoms with Crippen molar-refractivity contribution >= 4 is 28.2 Å². The third-order valence-corrected chi connectivity index (χ3v) is 13.5. The highest BCUT2D eigenvalue weighted by molar-refractivity contribution is 6.81. The summed E-state index contributed by atoms with van der Waals surface area (Å²) >= 11 is 0. The third-order valence-electron chi connectivity index (χ3n) is 5.82. The SMILES string of the molecule is CCC(C)(O[Si](C)(C)CCCCC(=O)NN)[Si](C)(C)CCCCC(=O)NN. The van der Waals surface area contributed by atoms with Gasteiger partial charge in [0.05, 0.1) is 8.07 Å². The Morgan fingerprint density at radius 3 is 1.74 bits per heavy atom. The first-order valence-corrected chi connectivity index (χ1v) is 16.4. The van der Waals surface area contributed by atoms with Gasteiger partial charge in [0.15, 0.2) is 8.32 Å². The van der Waals surface area contributed by atoms with E-state index in [-0.39, 0.29) is 17.0 Å². The molecule has 0 rings (SSSR count). The second-order valence-corrected chi connectivity index (χ2v) is 18.4. The van der Waals surface area contributed by atoms with Gasteiger partial charge in [-0.15, -0.1) is 0 Å². The zero-order valence-electron chi connectivity index (χ0n) is 18.2. The lowest BCUT2D eigenvalue weighted by atomic mass is 10.2. The van der Waals surface area contributed by atoms with Crippen LogP contribution in [0.1, 0.15) is 58.8 Å². The molecular weight excluding hydrogens is 376 g/mol. The highest BCUT2D eigenvalue weighted by atomic mass is 28.4. The molecular formula is C18H42N4O3Si2. The predicted octanol–water partition coefficient (Wildman–Crippen LogP) is 2.94. The molecule has 0 aromatic rings. The molecule has 160 valence electrons. The summed E-state index contributed by atoms with van der Waals surface area (Å²) in [7, 11) is -3.48. The van der Waals surface area contributed by atoms with E-state index in [0.29, 0.717) is 12.8 Å². The Hall–Kier alpha value is -0.746. The van der Waals surface area contributed by atoms with Gasteiger partial charge in [0.2, 0.25) is 11.8 Å². The number of rotatable bonds is 14. The monoisotopic (exact) mass is 418 g/mol. The summed E-state index contributed by atoms with van der Waals surface area (Å²) in [6.07, 6.45) is 5.69. The molecule has 0 aromatic heterocycles. The van der Waals surface area contributed by atoms with E-state index in [2.05, 4.69) is 50.9 Å². The minimum Gasteiger partial charge on any atom is -0.415 e. The molecule has 7 nitrogen and oxygen atoms in total. The van der Waals surface area contributed by atoms with Crippen LogP contribution in [0.25, 0.3) is 0 Å². The molecule has 0 aliphatic heterocycles. The van der Waals surface area contributed by atoms with E-state index in [0.717, 1.165) is 44.2 Å². The minimum absolute atomic E-state index is 0.0759. The van der Waals surface area contributed by atoms with Crippen molar-refractivity contribution in [2.24, 2.45) is 11.7 Å². The fourth-order valence-corrected chi connectivity index (χ4v) is 10.6. The molecule has 0 spiro atoms. The fourth-order valence-electron chi connectivity index (χ4n) is 3.45. The van der Waals surface area contributed by atoms with E-state index in [1.807, 2.05) is 0 Å². The maximum Gasteiger partial charge on any atom is 0.233 e. The largest absolute Gasteiger partial charge is 0.415 e. The molecule has 0 heterocycles. The van der Waals surface area contributed by atoms with Gasteiger partial charge in [-0.25, -0.2) is 11.7 Å². The quantitative estimate of drug-likeness (QED) is 0.114. The molecule has 0 radical (unpaired) electrons. The summed E-state index contributed by atoms with van der Waals surface area (Å²) in [5.74, 6) is 10.1. The van der Waals surface area contributed by atoms with Gasteiger partial charge in [0.25, 0.3) is 0 Å². The smallest absolute Gasteiger partial charge is 0.233 e. The summed E-state index contributed by atoms with van der Waals surface area (Å²) in [6.45, 7) is 13.8. The Morgan fingerprint density at radius 1 is 0.889 bits per heavy atom. The lowest BCUT2D eigenvalue weighted by Gasteiger charge is -2.47. The summed E-state index contributed by atoms with van der Waals surface area (Å²) in [5, 5.41) is -0.0759. The van der Waals surface area contributed by atoms with Gasteiger partial charge < -0.3 is 4.43 Å². The molecule has 1 unspecified atom stereocenters. The second-order valence-electron chi connectivity index (χ2n) is 8.88. The number of hydrogen-bond acceptors (Lipinski definition) is 5. The number of nitrogens with two attached hydrogens (primary N) is 2. The summed E-state index contributed by atoms with van der Waals surface area (Å²) < 4.78 is 6.85. The Kier molecular flexibility index (Phi) is 11.6. The second kappa shape index (κ2) is 12.0. The number of nitrogens with one attached hydrogen (secondary N) is 2. The molecule has 2 amide bonds. The number of hydrazine groups is 2. The van der Waals surface area contributed by atoms with Gasteiger partial charge in [0.1, 0.15) is 0 Å². The first-order valence-electron chi connectivity index (χ1n) is 10.1. The van der Waals surface area contributed by atoms with Gasteiger partial charge in [-0.3, -0.25) is 20.4 Å². The van der Waals surface area contributed by atoms with E-state index in [4.69, 9.17) is 16.1 Å². The van der Waals surface area contributed by atoms with Crippen molar-refractivity contribution in [2.45, 2.75) is 102 Å². The molecule has 0 saturated carbocycles. The number of hydrogen-bond donors (Lipinski definition) is 4. The van der Waals surface area contributed by atoms with Gasteiger partial charge in [0, 0.05) is 18.1 Å². The minimum atomic E-state index is -1.83. The van der Waals surface area contributed by atoms with Crippen molar-refractivity contribution in [2.75, 3.05) is 0 Å². The number of carbonyl (C=O) groups excluding carboxylic acids is 2. The van der Waals surface area contributed by atoms with Gasteiger partial charge in [-0.1, -0.05) is 38.9 Å². The van der Waals surface area contributed by atoms with E-state index >= 15 is 0 Å². The molecule has 0 aliphatic rings. The van der Waals surface area contributed by atoms with Gasteiger partial charge in [-0.05, 0) is 45.3 Å². The average molecular weight is 419 g/mol. The molecule has 0 bridgehead atoms. The molecule has 0 fully saturated rings. The van der Waals surface area contributed by atoms with Gasteiger partial charge in [-0.2, -0.15) is 0 Å². The Morgan fingerprint density at radius 2 is 1.33 bits per heavy atom. The van der Waals surface area contributed by atoms with E-state index in [9.17, 15) is 9.59 Å². The first kappa shape index (κ1) is 26.3. The van der Waals surface area contributed by atoms with Crippen LogP contribution in [0.2, 0.25) is 38.3 Å². The molecule has 1 atom stereocenters. The maximum absolute atomic E-state index is 11.3. The molecule has 0 aliphatic carbocycles. The van der Waals surface area contributed by atoms with Crippen molar-refractivity contribution in [1.29, 1.82) is 0 Å². The van der Waals surface area contributed by atoms with Crippen LogP contribution >= 0.6 is 0 Å². The van der Waals surface area contributed by atoms with Crippen LogP contribution in [0.5, 0.6) is 0 Å². The predicted molar refractivity (Wildman–Crippen MR) is 117 cm³/mol. The van der Waals surface area contributed by atoms with Crippen molar-refractivity contribution in [1.82, 2.24) is 10.9 Å². The number of unbranched alkanes of at least 4 members (excludes halogenated alkanes) is 2. The van der Waals surface area contributed by atoms with Crippen molar-refractivity contribution in [3.63, 3.8) is 0 Å². The lowest BCUT2D eigenvalue weighted by molar-refractivity contribution is -0.122. The fraction of sp³-hybridized carbons (Fsp3) is 0.889. The zero-order chi connectivity index (χ0) is 21.1. The summed E-state index contributed by atoms with van der Waals surface area (Å²) in [5.41, 5.74) is 4.37. The Bertz CT molecular complexity index is 476. The van der Waals surface area contributed by atoms with E-state index < -0.39 is 16.4 Å². The summed E-state index contributed by atoms with van der Waals surface area (Å²) in [6, 6.07) is 2.18. The molecule has 6 N–H and O–H groups in total. The van der Waals surface area contributed by atoms with E-state index in [1.54, 1.807) is 0 Å². The van der Waals surface area contributed by atoms with Crippen LogP contribution in [0, 0.1) is 0 Å². The van der Waals surface area contributed by atoms with E-state index in [1.165, 1.54) is 0 Å². The molecule has 0 saturated heterocycles. The lowest BCUT2D eigenvalue weighted by Crippen LogP contribution is -2.58. The highest BCUT2D eigenvalue weighted by Gasteiger charge is 2.45. The Balaban J connectivity index is 4.66. The molecule has 0 aromatic carbocycles. The molecule has 27 heavy (non-hydrogen) atoms.